The number of aliphatic imine (C=N–C) groups is 3. The molecule has 0 saturated heterocycles. The molecule has 0 bridgehead atoms. The minimum Gasteiger partial charge on any atom is -0.480 e. The molecule has 0 unspecified atom stereocenters. The Balaban J connectivity index is 6.41. The van der Waals surface area contributed by atoms with Crippen molar-refractivity contribution in [2.24, 2.45) is 72.3 Å². The van der Waals surface area contributed by atoms with Crippen LogP contribution in [-0.2, 0) is 28.8 Å². The first kappa shape index (κ1) is 55.5. The van der Waals surface area contributed by atoms with Crippen LogP contribution in [0.4, 0.5) is 0 Å². The molecule has 0 aromatic rings. The second-order valence-corrected chi connectivity index (χ2v) is 14.5. The highest BCUT2D eigenvalue weighted by atomic mass is 16.4. The van der Waals surface area contributed by atoms with E-state index in [4.69, 9.17) is 57.3 Å². The summed E-state index contributed by atoms with van der Waals surface area (Å²) < 4.78 is 0. The van der Waals surface area contributed by atoms with Gasteiger partial charge in [0.05, 0.1) is 6.04 Å². The lowest BCUT2D eigenvalue weighted by molar-refractivity contribution is -0.142. The van der Waals surface area contributed by atoms with Crippen LogP contribution in [0.2, 0.25) is 0 Å². The Hall–Kier alpha value is -5.53. The van der Waals surface area contributed by atoms with Crippen molar-refractivity contribution in [3.8, 4) is 0 Å². The first-order valence-electron chi connectivity index (χ1n) is 20.7. The zero-order valence-corrected chi connectivity index (χ0v) is 35.3. The molecule has 0 aromatic heterocycles. The Kier molecular flexibility index (Phi) is 30.2. The van der Waals surface area contributed by atoms with Gasteiger partial charge in [0.25, 0.3) is 0 Å². The predicted molar refractivity (Wildman–Crippen MR) is 234 cm³/mol. The summed E-state index contributed by atoms with van der Waals surface area (Å²) in [4.78, 5) is 92.0. The summed E-state index contributed by atoms with van der Waals surface area (Å²) in [6.45, 7) is 1.44. The fourth-order valence-corrected chi connectivity index (χ4v) is 5.84. The Morgan fingerprint density at radius 3 is 0.951 bits per heavy atom. The van der Waals surface area contributed by atoms with Gasteiger partial charge in [-0.1, -0.05) is 0 Å². The van der Waals surface area contributed by atoms with Crippen LogP contribution in [0.1, 0.15) is 96.3 Å². The van der Waals surface area contributed by atoms with Crippen LogP contribution in [0.15, 0.2) is 15.0 Å². The van der Waals surface area contributed by atoms with Crippen LogP contribution in [0, 0.1) is 0 Å². The largest absolute Gasteiger partial charge is 0.480 e. The van der Waals surface area contributed by atoms with Crippen molar-refractivity contribution in [3.63, 3.8) is 0 Å². The van der Waals surface area contributed by atoms with Gasteiger partial charge in [0.1, 0.15) is 30.2 Å². The molecule has 26 N–H and O–H groups in total. The van der Waals surface area contributed by atoms with E-state index >= 15 is 0 Å². The first-order valence-corrected chi connectivity index (χ1v) is 20.7. The number of nitrogens with two attached hydrogens (primary N) is 10. The van der Waals surface area contributed by atoms with Gasteiger partial charge in [-0.2, -0.15) is 0 Å². The zero-order valence-electron chi connectivity index (χ0n) is 35.3. The molecule has 350 valence electrons. The number of carboxylic acids is 1. The highest BCUT2D eigenvalue weighted by Crippen LogP contribution is 2.10. The summed E-state index contributed by atoms with van der Waals surface area (Å²) in [5.74, 6) is -5.27. The molecular weight excluding hydrogens is 797 g/mol. The number of guanidine groups is 3. The van der Waals surface area contributed by atoms with E-state index in [1.165, 1.54) is 0 Å². The number of rotatable bonds is 35. The Labute approximate surface area is 357 Å². The number of nitrogens with zero attached hydrogens (tertiary/aromatic N) is 3. The third-order valence-electron chi connectivity index (χ3n) is 9.18. The second kappa shape index (κ2) is 33.2. The molecular formula is C36H74N18O7. The number of nitrogens with one attached hydrogen (secondary N) is 5. The van der Waals surface area contributed by atoms with E-state index in [9.17, 15) is 33.9 Å². The van der Waals surface area contributed by atoms with Gasteiger partial charge in [0.15, 0.2) is 17.9 Å². The number of aliphatic carboxylic acids is 1. The lowest BCUT2D eigenvalue weighted by Gasteiger charge is -2.27. The van der Waals surface area contributed by atoms with Crippen LogP contribution in [0.3, 0.4) is 0 Å². The standard InChI is InChI=1S/C36H74N18O7/c37-16-4-1-11-23(50-28(55)22(40)10-7-19-47-34(41)42)29(56)51-24(12-2-5-17-38)30(57)53-26(14-8-20-48-35(43)44)31(58)52-25(13-3-6-18-39)32(59)54-27(33(60)61)15-9-21-49-36(45)46/h22-27H,1-21,37-40H2,(H,50,55)(H,51,56)(H,52,58)(H,53,57)(H,54,59)(H,60,61)(H4,41,42,47)(H4,43,44,48)(H4,45,46,49)/t22-,23-,24-,25-,26-,27-/m0/s1. The number of carboxylic acid groups (broad SMARTS) is 1. The maximum absolute atomic E-state index is 14.0. The molecule has 6 atom stereocenters. The minimum atomic E-state index is -1.32. The van der Waals surface area contributed by atoms with Crippen LogP contribution in [-0.4, -0.2) is 134 Å². The highest BCUT2D eigenvalue weighted by Gasteiger charge is 2.32. The zero-order chi connectivity index (χ0) is 46.2. The highest BCUT2D eigenvalue weighted by molar-refractivity contribution is 5.96. The van der Waals surface area contributed by atoms with E-state index < -0.39 is 71.8 Å². The molecule has 0 saturated carbocycles. The quantitative estimate of drug-likeness (QED) is 0.0160. The molecule has 0 heterocycles. The van der Waals surface area contributed by atoms with Gasteiger partial charge in [-0.05, 0) is 116 Å². The van der Waals surface area contributed by atoms with Crippen molar-refractivity contribution < 1.29 is 33.9 Å². The van der Waals surface area contributed by atoms with Crippen molar-refractivity contribution in [1.29, 1.82) is 0 Å². The number of carbonyl (C=O) groups is 6. The van der Waals surface area contributed by atoms with Gasteiger partial charge in [-0.15, -0.1) is 0 Å². The monoisotopic (exact) mass is 871 g/mol. The van der Waals surface area contributed by atoms with E-state index in [0.717, 1.165) is 0 Å². The van der Waals surface area contributed by atoms with Gasteiger partial charge in [-0.25, -0.2) is 4.79 Å². The van der Waals surface area contributed by atoms with Crippen LogP contribution in [0.25, 0.3) is 0 Å². The summed E-state index contributed by atoms with van der Waals surface area (Å²) >= 11 is 0. The van der Waals surface area contributed by atoms with Crippen molar-refractivity contribution >= 4 is 53.4 Å². The van der Waals surface area contributed by atoms with E-state index in [2.05, 4.69) is 41.6 Å². The fourth-order valence-electron chi connectivity index (χ4n) is 5.84. The summed E-state index contributed by atoms with van der Waals surface area (Å²) in [5, 5.41) is 23.0. The fraction of sp³-hybridized carbons (Fsp3) is 0.750. The van der Waals surface area contributed by atoms with Crippen LogP contribution in [0.5, 0.6) is 0 Å². The van der Waals surface area contributed by atoms with Crippen LogP contribution < -0.4 is 83.9 Å². The Morgan fingerprint density at radius 1 is 0.393 bits per heavy atom. The molecule has 0 radical (unpaired) electrons. The minimum absolute atomic E-state index is 0.00363. The van der Waals surface area contributed by atoms with E-state index in [0.29, 0.717) is 64.6 Å². The third kappa shape index (κ3) is 27.0. The van der Waals surface area contributed by atoms with E-state index in [1.807, 2.05) is 0 Å². The number of carbonyl (C=O) groups excluding carboxylic acids is 5. The normalized spacial score (nSPS) is 13.8. The molecule has 25 heteroatoms. The molecule has 0 fully saturated rings. The van der Waals surface area contributed by atoms with Gasteiger partial charge >= 0.3 is 5.97 Å². The number of unbranched alkanes of at least 4 members (excludes halogenated alkanes) is 3. The smallest absolute Gasteiger partial charge is 0.326 e. The van der Waals surface area contributed by atoms with Crippen molar-refractivity contribution in [2.75, 3.05) is 39.3 Å². The molecule has 61 heavy (non-hydrogen) atoms. The second-order valence-electron chi connectivity index (χ2n) is 14.5. The van der Waals surface area contributed by atoms with Gasteiger partial charge in [0.2, 0.25) is 29.5 Å². The number of hydrogen-bond acceptors (Lipinski definition) is 13. The molecule has 25 nitrogen and oxygen atoms in total. The molecule has 0 aliphatic heterocycles. The molecule has 0 rings (SSSR count). The lowest BCUT2D eigenvalue weighted by Crippen LogP contribution is -2.59. The Bertz CT molecular complexity index is 1420. The number of hydrogen-bond donors (Lipinski definition) is 16. The van der Waals surface area contributed by atoms with Crippen molar-refractivity contribution in [3.05, 3.63) is 0 Å². The SMILES string of the molecule is NCCCC[C@H](NC(=O)[C@H](CCCN=C(N)N)NC(=O)[C@H](CCCCN)NC(=O)[C@H](CCCCN)NC(=O)[C@@H](N)CCCN=C(N)N)C(=O)N[C@@H](CCCN=C(N)N)C(=O)O. The first-order chi connectivity index (χ1) is 29.0. The number of amides is 5. The molecule has 0 aliphatic rings. The lowest BCUT2D eigenvalue weighted by atomic mass is 10.0. The van der Waals surface area contributed by atoms with E-state index in [1.54, 1.807) is 0 Å². The summed E-state index contributed by atoms with van der Waals surface area (Å²) in [6.07, 6.45) is 4.35. The molecule has 5 amide bonds. The third-order valence-corrected chi connectivity index (χ3v) is 9.18. The van der Waals surface area contributed by atoms with Gasteiger partial charge in [-0.3, -0.25) is 38.9 Å². The summed E-state index contributed by atoms with van der Waals surface area (Å²) in [6, 6.07) is -7.06. The van der Waals surface area contributed by atoms with Crippen molar-refractivity contribution in [1.82, 2.24) is 26.6 Å². The summed E-state index contributed by atoms with van der Waals surface area (Å²) in [5.41, 5.74) is 55.5. The maximum Gasteiger partial charge on any atom is 0.326 e. The topological polar surface area (TPSA) is 480 Å². The van der Waals surface area contributed by atoms with E-state index in [-0.39, 0.29) is 88.9 Å². The predicted octanol–water partition coefficient (Wildman–Crippen LogP) is -5.63. The Morgan fingerprint density at radius 2 is 0.656 bits per heavy atom. The summed E-state index contributed by atoms with van der Waals surface area (Å²) in [7, 11) is 0. The average molecular weight is 871 g/mol. The molecule has 0 spiro atoms. The molecule has 0 aromatic carbocycles. The molecule has 0 aliphatic carbocycles. The van der Waals surface area contributed by atoms with Gasteiger partial charge in [0, 0.05) is 19.6 Å². The maximum atomic E-state index is 14.0. The van der Waals surface area contributed by atoms with Crippen LogP contribution >= 0.6 is 0 Å². The van der Waals surface area contributed by atoms with Gasteiger partial charge < -0.3 is 89.0 Å². The average Bonchev–Trinajstić information content (AvgIpc) is 3.19. The van der Waals surface area contributed by atoms with Crippen molar-refractivity contribution in [2.45, 2.75) is 133 Å².